The van der Waals surface area contributed by atoms with Crippen molar-refractivity contribution in [2.24, 2.45) is 5.92 Å². The van der Waals surface area contributed by atoms with Crippen molar-refractivity contribution in [3.8, 4) is 0 Å². The number of nitrogens with zero attached hydrogens (tertiary/aromatic N) is 3. The zero-order chi connectivity index (χ0) is 24.2. The van der Waals surface area contributed by atoms with Crippen LogP contribution >= 0.6 is 0 Å². The highest BCUT2D eigenvalue weighted by Gasteiger charge is 2.36. The van der Waals surface area contributed by atoms with Crippen LogP contribution in [0.3, 0.4) is 0 Å². The van der Waals surface area contributed by atoms with Crippen LogP contribution in [0.5, 0.6) is 0 Å². The molecular formula is C25H25N5O4. The van der Waals surface area contributed by atoms with Gasteiger partial charge in [0.05, 0.1) is 24.3 Å². The van der Waals surface area contributed by atoms with E-state index >= 15 is 0 Å². The molecule has 1 unspecified atom stereocenters. The second-order valence-corrected chi connectivity index (χ2v) is 8.08. The average Bonchev–Trinajstić information content (AvgIpc) is 3.19. The SMILES string of the molecule is COC(=O)c1ccccc1N1CC(C(=O)Nc2cccc(Nc3nc(C)cc(C)n3)c2)CC1=O. The van der Waals surface area contributed by atoms with Gasteiger partial charge in [-0.3, -0.25) is 9.59 Å². The van der Waals surface area contributed by atoms with Gasteiger partial charge in [0.2, 0.25) is 17.8 Å². The van der Waals surface area contributed by atoms with E-state index in [1.54, 1.807) is 42.5 Å². The molecule has 9 nitrogen and oxygen atoms in total. The van der Waals surface area contributed by atoms with Gasteiger partial charge in [-0.1, -0.05) is 18.2 Å². The van der Waals surface area contributed by atoms with Gasteiger partial charge in [0.1, 0.15) is 0 Å². The summed E-state index contributed by atoms with van der Waals surface area (Å²) < 4.78 is 4.82. The Balaban J connectivity index is 1.45. The van der Waals surface area contributed by atoms with E-state index in [4.69, 9.17) is 4.74 Å². The zero-order valence-corrected chi connectivity index (χ0v) is 19.2. The third-order valence-corrected chi connectivity index (χ3v) is 5.46. The minimum absolute atomic E-state index is 0.0513. The predicted molar refractivity (Wildman–Crippen MR) is 128 cm³/mol. The molecule has 2 N–H and O–H groups in total. The number of nitrogens with one attached hydrogen (secondary N) is 2. The van der Waals surface area contributed by atoms with Gasteiger partial charge in [-0.25, -0.2) is 14.8 Å². The molecule has 0 spiro atoms. The molecular weight excluding hydrogens is 434 g/mol. The Morgan fingerprint density at radius 1 is 1.00 bits per heavy atom. The fourth-order valence-corrected chi connectivity index (χ4v) is 3.94. The quantitative estimate of drug-likeness (QED) is 0.541. The molecule has 2 aromatic carbocycles. The molecule has 0 radical (unpaired) electrons. The van der Waals surface area contributed by atoms with E-state index in [1.165, 1.54) is 12.0 Å². The van der Waals surface area contributed by atoms with Crippen LogP contribution in [0.1, 0.15) is 28.2 Å². The highest BCUT2D eigenvalue weighted by molar-refractivity contribution is 6.07. The summed E-state index contributed by atoms with van der Waals surface area (Å²) in [5.41, 5.74) is 3.73. The van der Waals surface area contributed by atoms with Gasteiger partial charge in [-0.15, -0.1) is 0 Å². The van der Waals surface area contributed by atoms with E-state index in [2.05, 4.69) is 20.6 Å². The normalized spacial score (nSPS) is 15.2. The number of rotatable bonds is 6. The largest absolute Gasteiger partial charge is 0.465 e. The minimum atomic E-state index is -0.558. The first-order chi connectivity index (χ1) is 16.3. The summed E-state index contributed by atoms with van der Waals surface area (Å²) in [7, 11) is 1.29. The molecule has 1 saturated heterocycles. The van der Waals surface area contributed by atoms with Crippen molar-refractivity contribution in [1.82, 2.24) is 9.97 Å². The molecule has 2 heterocycles. The number of hydrogen-bond donors (Lipinski definition) is 2. The standard InChI is InChI=1S/C25H25N5O4/c1-15-11-16(2)27-25(26-15)29-19-8-6-7-18(13-19)28-23(32)17-12-22(31)30(14-17)21-10-5-4-9-20(21)24(33)34-3/h4-11,13,17H,12,14H2,1-3H3,(H,28,32)(H,26,27,29). The second-order valence-electron chi connectivity index (χ2n) is 8.08. The Morgan fingerprint density at radius 3 is 2.44 bits per heavy atom. The van der Waals surface area contributed by atoms with Gasteiger partial charge < -0.3 is 20.3 Å². The third-order valence-electron chi connectivity index (χ3n) is 5.46. The van der Waals surface area contributed by atoms with Crippen LogP contribution in [-0.2, 0) is 14.3 Å². The highest BCUT2D eigenvalue weighted by atomic mass is 16.5. The summed E-state index contributed by atoms with van der Waals surface area (Å²) in [6, 6.07) is 15.8. The summed E-state index contributed by atoms with van der Waals surface area (Å²) in [4.78, 5) is 47.9. The summed E-state index contributed by atoms with van der Waals surface area (Å²) >= 11 is 0. The number of aromatic nitrogens is 2. The number of para-hydroxylation sites is 1. The first-order valence-corrected chi connectivity index (χ1v) is 10.8. The number of anilines is 4. The Morgan fingerprint density at radius 2 is 1.71 bits per heavy atom. The molecule has 0 bridgehead atoms. The number of benzene rings is 2. The molecule has 174 valence electrons. The highest BCUT2D eigenvalue weighted by Crippen LogP contribution is 2.29. The maximum atomic E-state index is 12.9. The van der Waals surface area contributed by atoms with E-state index in [9.17, 15) is 14.4 Å². The number of ether oxygens (including phenoxy) is 1. The van der Waals surface area contributed by atoms with E-state index in [1.807, 2.05) is 26.0 Å². The molecule has 34 heavy (non-hydrogen) atoms. The Labute approximate surface area is 197 Å². The second kappa shape index (κ2) is 9.70. The van der Waals surface area contributed by atoms with Crippen molar-refractivity contribution >= 4 is 40.8 Å². The fourth-order valence-electron chi connectivity index (χ4n) is 3.94. The van der Waals surface area contributed by atoms with Gasteiger partial charge in [0, 0.05) is 35.7 Å². The number of carbonyl (C=O) groups is 3. The van der Waals surface area contributed by atoms with Crippen LogP contribution in [0.2, 0.25) is 0 Å². The van der Waals surface area contributed by atoms with Crippen molar-refractivity contribution < 1.29 is 19.1 Å². The van der Waals surface area contributed by atoms with Crippen LogP contribution in [0.15, 0.2) is 54.6 Å². The number of aryl methyl sites for hydroxylation is 2. The fraction of sp³-hybridized carbons (Fsp3) is 0.240. The summed E-state index contributed by atoms with van der Waals surface area (Å²) in [6.07, 6.45) is 0.0513. The number of carbonyl (C=O) groups excluding carboxylic acids is 3. The topological polar surface area (TPSA) is 114 Å². The van der Waals surface area contributed by atoms with E-state index in [0.717, 1.165) is 17.1 Å². The molecule has 0 aliphatic carbocycles. The van der Waals surface area contributed by atoms with Crippen molar-refractivity contribution in [2.45, 2.75) is 20.3 Å². The number of methoxy groups -OCH3 is 1. The van der Waals surface area contributed by atoms with Crippen LogP contribution in [0.25, 0.3) is 0 Å². The molecule has 1 aliphatic heterocycles. The molecule has 9 heteroatoms. The zero-order valence-electron chi connectivity index (χ0n) is 19.2. The summed E-state index contributed by atoms with van der Waals surface area (Å²) in [6.45, 7) is 3.96. The van der Waals surface area contributed by atoms with Gasteiger partial charge in [0.25, 0.3) is 0 Å². The molecule has 1 aromatic heterocycles. The lowest BCUT2D eigenvalue weighted by atomic mass is 10.1. The van der Waals surface area contributed by atoms with Crippen molar-refractivity contribution in [1.29, 1.82) is 0 Å². The van der Waals surface area contributed by atoms with E-state index < -0.39 is 11.9 Å². The smallest absolute Gasteiger partial charge is 0.339 e. The molecule has 0 saturated carbocycles. The minimum Gasteiger partial charge on any atom is -0.465 e. The average molecular weight is 460 g/mol. The Bertz CT molecular complexity index is 1240. The molecule has 4 rings (SSSR count). The molecule has 2 amide bonds. The van der Waals surface area contributed by atoms with Gasteiger partial charge in [-0.2, -0.15) is 0 Å². The maximum absolute atomic E-state index is 12.9. The van der Waals surface area contributed by atoms with E-state index in [-0.39, 0.29) is 30.3 Å². The van der Waals surface area contributed by atoms with Crippen LogP contribution in [0.4, 0.5) is 23.0 Å². The first-order valence-electron chi connectivity index (χ1n) is 10.8. The monoisotopic (exact) mass is 459 g/mol. The maximum Gasteiger partial charge on any atom is 0.339 e. The Kier molecular flexibility index (Phi) is 6.53. The number of amides is 2. The van der Waals surface area contributed by atoms with Gasteiger partial charge in [-0.05, 0) is 50.2 Å². The lowest BCUT2D eigenvalue weighted by molar-refractivity contribution is -0.122. The molecule has 3 aromatic rings. The molecule has 1 fully saturated rings. The van der Waals surface area contributed by atoms with Crippen molar-refractivity contribution in [3.63, 3.8) is 0 Å². The van der Waals surface area contributed by atoms with Crippen molar-refractivity contribution in [2.75, 3.05) is 29.2 Å². The molecule has 1 aliphatic rings. The van der Waals surface area contributed by atoms with Gasteiger partial charge in [0.15, 0.2) is 0 Å². The lowest BCUT2D eigenvalue weighted by Gasteiger charge is -2.19. The number of hydrogen-bond acceptors (Lipinski definition) is 7. The third kappa shape index (κ3) is 5.03. The lowest BCUT2D eigenvalue weighted by Crippen LogP contribution is -2.29. The predicted octanol–water partition coefficient (Wildman–Crippen LogP) is 3.62. The molecule has 1 atom stereocenters. The summed E-state index contributed by atoms with van der Waals surface area (Å²) in [5, 5.41) is 6.03. The van der Waals surface area contributed by atoms with Crippen LogP contribution < -0.4 is 15.5 Å². The summed E-state index contributed by atoms with van der Waals surface area (Å²) in [5.74, 6) is -1.11. The van der Waals surface area contributed by atoms with E-state index in [0.29, 0.717) is 17.3 Å². The Hall–Kier alpha value is -4.27. The van der Waals surface area contributed by atoms with Crippen LogP contribution in [0, 0.1) is 19.8 Å². The van der Waals surface area contributed by atoms with Gasteiger partial charge >= 0.3 is 5.97 Å². The van der Waals surface area contributed by atoms with Crippen molar-refractivity contribution in [3.05, 3.63) is 71.5 Å². The number of esters is 1. The first kappa shape index (κ1) is 22.9. The van der Waals surface area contributed by atoms with Crippen LogP contribution in [-0.4, -0.2) is 41.4 Å².